The minimum Gasteiger partial charge on any atom is -0.460 e. The Hall–Kier alpha value is -4.12. The summed E-state index contributed by atoms with van der Waals surface area (Å²) in [4.78, 5) is 53.4. The van der Waals surface area contributed by atoms with Gasteiger partial charge >= 0.3 is 11.7 Å². The monoisotopic (exact) mass is 643 g/mol. The van der Waals surface area contributed by atoms with Gasteiger partial charge in [0.2, 0.25) is 0 Å². The number of ether oxygens (including phenoxy) is 1. The molecule has 3 fully saturated rings. The second-order valence-corrected chi connectivity index (χ2v) is 14.8. The smallest absolute Gasteiger partial charge is 0.328 e. The summed E-state index contributed by atoms with van der Waals surface area (Å²) in [6, 6.07) is 7.45. The molecule has 11 heteroatoms. The molecule has 11 nitrogen and oxygen atoms in total. The van der Waals surface area contributed by atoms with Gasteiger partial charge in [0, 0.05) is 40.5 Å². The van der Waals surface area contributed by atoms with Crippen molar-refractivity contribution in [1.82, 2.24) is 24.5 Å². The van der Waals surface area contributed by atoms with Crippen molar-refractivity contribution in [3.63, 3.8) is 0 Å². The van der Waals surface area contributed by atoms with Crippen molar-refractivity contribution in [1.29, 1.82) is 0 Å². The van der Waals surface area contributed by atoms with Crippen LogP contribution in [0.1, 0.15) is 70.9 Å². The number of hydrogen-bond donors (Lipinski definition) is 2. The maximum atomic E-state index is 13.6. The Balaban J connectivity index is 1.21. The second kappa shape index (κ2) is 11.8. The van der Waals surface area contributed by atoms with Gasteiger partial charge in [0.25, 0.3) is 5.56 Å². The number of benzene rings is 1. The Morgan fingerprint density at radius 3 is 2.57 bits per heavy atom. The summed E-state index contributed by atoms with van der Waals surface area (Å²) in [6.07, 6.45) is 7.07. The Kier molecular flexibility index (Phi) is 8.27. The van der Waals surface area contributed by atoms with E-state index in [1.165, 1.54) is 15.4 Å². The molecule has 2 aromatic heterocycles. The highest BCUT2D eigenvalue weighted by Gasteiger charge is 2.68. The Morgan fingerprint density at radius 2 is 1.87 bits per heavy atom. The maximum Gasteiger partial charge on any atom is 0.328 e. The van der Waals surface area contributed by atoms with Crippen molar-refractivity contribution in [2.45, 2.75) is 92.0 Å². The van der Waals surface area contributed by atoms with Crippen molar-refractivity contribution in [2.75, 3.05) is 0 Å². The lowest BCUT2D eigenvalue weighted by molar-refractivity contribution is -0.207. The van der Waals surface area contributed by atoms with E-state index in [0.29, 0.717) is 30.6 Å². The number of ketones is 1. The molecule has 2 heterocycles. The van der Waals surface area contributed by atoms with Crippen molar-refractivity contribution < 1.29 is 19.4 Å². The van der Waals surface area contributed by atoms with E-state index in [2.05, 4.69) is 42.6 Å². The molecule has 0 aliphatic heterocycles. The van der Waals surface area contributed by atoms with Crippen LogP contribution in [0.2, 0.25) is 0 Å². The predicted molar refractivity (Wildman–Crippen MR) is 175 cm³/mol. The number of carbonyl (C=O) groups is 2. The SMILES string of the molecule is C=C[C@]1(C)C[C@@H](OC(=O)Cn2cc(-c3ccc(Cn4cc(C)c(=O)[nH]c4=O)cc3)nn2)[C@]2(C)[C@H](C)CC[C@]3(CCC(=O)[C@H]32)[C@@H](C)[C@@H]1O. The van der Waals surface area contributed by atoms with Crippen LogP contribution in [0, 0.1) is 40.9 Å². The third-order valence-corrected chi connectivity index (χ3v) is 12.2. The first-order valence-corrected chi connectivity index (χ1v) is 16.6. The molecule has 250 valence electrons. The topological polar surface area (TPSA) is 149 Å². The van der Waals surface area contributed by atoms with Crippen LogP contribution >= 0.6 is 0 Å². The van der Waals surface area contributed by atoms with Crippen molar-refractivity contribution >= 4 is 11.8 Å². The zero-order chi connectivity index (χ0) is 33.9. The molecule has 3 aliphatic carbocycles. The van der Waals surface area contributed by atoms with Gasteiger partial charge in [-0.25, -0.2) is 9.48 Å². The molecule has 2 bridgehead atoms. The molecule has 0 amide bonds. The number of aliphatic hydroxyl groups excluding tert-OH is 1. The zero-order valence-corrected chi connectivity index (χ0v) is 27.9. The van der Waals surface area contributed by atoms with Crippen LogP contribution < -0.4 is 11.2 Å². The van der Waals surface area contributed by atoms with Crippen LogP contribution in [0.4, 0.5) is 0 Å². The van der Waals surface area contributed by atoms with Gasteiger partial charge < -0.3 is 9.84 Å². The Morgan fingerprint density at radius 1 is 1.15 bits per heavy atom. The van der Waals surface area contributed by atoms with Crippen LogP contribution in [0.15, 0.2) is 58.9 Å². The minimum atomic E-state index is -0.724. The highest BCUT2D eigenvalue weighted by atomic mass is 16.5. The number of nitrogens with one attached hydrogen (secondary N) is 1. The van der Waals surface area contributed by atoms with Crippen molar-refractivity contribution in [3.05, 3.63) is 81.3 Å². The average Bonchev–Trinajstić information content (AvgIpc) is 3.65. The number of nitrogens with zero attached hydrogens (tertiary/aromatic N) is 4. The molecule has 0 unspecified atom stereocenters. The Bertz CT molecular complexity index is 1830. The predicted octanol–water partition coefficient (Wildman–Crippen LogP) is 4.06. The number of Topliss-reactive ketones (excluding diaryl/α,β-unsaturated/α-hetero) is 1. The lowest BCUT2D eigenvalue weighted by Gasteiger charge is -2.61. The highest BCUT2D eigenvalue weighted by molar-refractivity contribution is 5.85. The fourth-order valence-corrected chi connectivity index (χ4v) is 9.05. The number of aromatic nitrogens is 5. The van der Waals surface area contributed by atoms with E-state index in [-0.39, 0.29) is 35.5 Å². The molecule has 3 saturated carbocycles. The summed E-state index contributed by atoms with van der Waals surface area (Å²) >= 11 is 0. The third kappa shape index (κ3) is 5.42. The molecule has 8 atom stereocenters. The summed E-state index contributed by atoms with van der Waals surface area (Å²) in [7, 11) is 0. The van der Waals surface area contributed by atoms with Crippen LogP contribution in [0.5, 0.6) is 0 Å². The average molecular weight is 644 g/mol. The quantitative estimate of drug-likeness (QED) is 0.289. The normalized spacial score (nSPS) is 33.5. The first kappa shape index (κ1) is 32.8. The molecule has 3 aliphatic rings. The Labute approximate surface area is 274 Å². The zero-order valence-electron chi connectivity index (χ0n) is 27.9. The van der Waals surface area contributed by atoms with Crippen molar-refractivity contribution in [3.8, 4) is 11.3 Å². The summed E-state index contributed by atoms with van der Waals surface area (Å²) in [6.45, 7) is 14.2. The molecule has 6 rings (SSSR count). The van der Waals surface area contributed by atoms with Crippen LogP contribution in [0.25, 0.3) is 11.3 Å². The molecular formula is C36H45N5O6. The number of H-pyrrole nitrogens is 1. The van der Waals surface area contributed by atoms with E-state index < -0.39 is 40.3 Å². The fourth-order valence-electron chi connectivity index (χ4n) is 9.05. The first-order chi connectivity index (χ1) is 22.2. The summed E-state index contributed by atoms with van der Waals surface area (Å²) in [5.74, 6) is -0.501. The maximum absolute atomic E-state index is 13.6. The fraction of sp³-hybridized carbons (Fsp3) is 0.556. The summed E-state index contributed by atoms with van der Waals surface area (Å²) < 4.78 is 9.24. The van der Waals surface area contributed by atoms with E-state index in [4.69, 9.17) is 4.74 Å². The molecule has 2 N–H and O–H groups in total. The van der Waals surface area contributed by atoms with E-state index >= 15 is 0 Å². The number of carbonyl (C=O) groups excluding carboxylic acids is 2. The molecular weight excluding hydrogens is 598 g/mol. The van der Waals surface area contributed by atoms with Gasteiger partial charge in [-0.2, -0.15) is 0 Å². The van der Waals surface area contributed by atoms with E-state index in [0.717, 1.165) is 30.4 Å². The van der Waals surface area contributed by atoms with Gasteiger partial charge in [-0.15, -0.1) is 11.7 Å². The number of esters is 1. The summed E-state index contributed by atoms with van der Waals surface area (Å²) in [5.41, 5.74) is 0.163. The first-order valence-electron chi connectivity index (χ1n) is 16.6. The minimum absolute atomic E-state index is 0.0935. The van der Waals surface area contributed by atoms with Gasteiger partial charge in [0.05, 0.1) is 18.8 Å². The molecule has 3 aromatic rings. The summed E-state index contributed by atoms with van der Waals surface area (Å²) in [5, 5.41) is 20.2. The van der Waals surface area contributed by atoms with Gasteiger partial charge in [-0.3, -0.25) is 23.9 Å². The molecule has 0 radical (unpaired) electrons. The van der Waals surface area contributed by atoms with Crippen LogP contribution in [0.3, 0.4) is 0 Å². The molecule has 0 spiro atoms. The molecule has 47 heavy (non-hydrogen) atoms. The number of hydrogen-bond acceptors (Lipinski definition) is 8. The number of aromatic amines is 1. The van der Waals surface area contributed by atoms with Crippen LogP contribution in [-0.4, -0.2) is 53.6 Å². The largest absolute Gasteiger partial charge is 0.460 e. The van der Waals surface area contributed by atoms with Crippen LogP contribution in [-0.2, 0) is 27.4 Å². The van der Waals surface area contributed by atoms with E-state index in [1.807, 2.05) is 31.2 Å². The third-order valence-electron chi connectivity index (χ3n) is 12.2. The number of rotatable bonds is 7. The van der Waals surface area contributed by atoms with Crippen molar-refractivity contribution in [2.24, 2.45) is 34.0 Å². The second-order valence-electron chi connectivity index (χ2n) is 14.8. The van der Waals surface area contributed by atoms with Gasteiger partial charge in [-0.1, -0.05) is 63.2 Å². The van der Waals surface area contributed by atoms with Gasteiger partial charge in [0.15, 0.2) is 0 Å². The molecule has 1 aromatic carbocycles. The van der Waals surface area contributed by atoms with E-state index in [1.54, 1.807) is 19.2 Å². The number of aliphatic hydroxyl groups is 1. The lowest BCUT2D eigenvalue weighted by Crippen LogP contribution is -2.63. The van der Waals surface area contributed by atoms with E-state index in [9.17, 15) is 24.3 Å². The molecule has 0 saturated heterocycles. The highest BCUT2D eigenvalue weighted by Crippen LogP contribution is 2.68. The number of aryl methyl sites for hydroxylation is 1. The lowest BCUT2D eigenvalue weighted by atomic mass is 9.44. The van der Waals surface area contributed by atoms with Gasteiger partial charge in [-0.05, 0) is 55.4 Å². The standard InChI is InChI=1S/C36H45N5O6/c1-7-34(5)16-28(35(6)22(3)12-14-36(23(4)31(34)44)15-13-27(42)30(35)36)47-29(43)20-41-19-26(38-39-41)25-10-8-24(9-11-25)18-40-17-21(2)32(45)37-33(40)46/h7-11,17,19,22-23,28,30-31,44H,1,12-16,18,20H2,2-6H3,(H,37,45,46)/t22-,23+,28-,30+,31+,34-,35+,36+/m1/s1. The van der Waals surface area contributed by atoms with Gasteiger partial charge in [0.1, 0.15) is 24.1 Å².